The van der Waals surface area contributed by atoms with Crippen LogP contribution in [0, 0.1) is 20.2 Å². The molecule has 13 nitrogen and oxygen atoms in total. The van der Waals surface area contributed by atoms with Crippen molar-refractivity contribution in [2.24, 2.45) is 0 Å². The maximum absolute atomic E-state index is 10.9. The number of nitro benzene ring substituents is 2. The second-order valence-corrected chi connectivity index (χ2v) is 7.71. The van der Waals surface area contributed by atoms with Gasteiger partial charge in [-0.05, 0) is 12.1 Å². The third kappa shape index (κ3) is 3.41. The zero-order chi connectivity index (χ0) is 22.7. The topological polar surface area (TPSA) is 173 Å². The number of ether oxygens (including phenoxy) is 5. The highest BCUT2D eigenvalue weighted by atomic mass is 16.9. The summed E-state index contributed by atoms with van der Waals surface area (Å²) in [5, 5.41) is 41.6. The lowest BCUT2D eigenvalue weighted by atomic mass is 9.84. The van der Waals surface area contributed by atoms with Crippen molar-refractivity contribution in [3.05, 3.63) is 56.6 Å². The molecular formula is C19H16N2O11. The summed E-state index contributed by atoms with van der Waals surface area (Å²) < 4.78 is 29.1. The third-order valence-electron chi connectivity index (χ3n) is 5.44. The number of aromatic hydroxyl groups is 2. The Morgan fingerprint density at radius 1 is 0.875 bits per heavy atom. The molecular weight excluding hydrogens is 432 g/mol. The van der Waals surface area contributed by atoms with E-state index in [9.17, 15) is 30.4 Å². The molecule has 4 atom stereocenters. The van der Waals surface area contributed by atoms with Gasteiger partial charge in [-0.3, -0.25) is 29.7 Å². The summed E-state index contributed by atoms with van der Waals surface area (Å²) in [4.78, 5) is 20.4. The van der Waals surface area contributed by atoms with Crippen LogP contribution in [-0.4, -0.2) is 44.2 Å². The quantitative estimate of drug-likeness (QED) is 0.491. The molecule has 0 aromatic heterocycles. The molecule has 3 heterocycles. The first-order valence-corrected chi connectivity index (χ1v) is 9.50. The van der Waals surface area contributed by atoms with Crippen LogP contribution in [0.4, 0.5) is 11.4 Å². The molecule has 4 bridgehead atoms. The fourth-order valence-electron chi connectivity index (χ4n) is 4.26. The van der Waals surface area contributed by atoms with Crippen LogP contribution in [0.1, 0.15) is 19.3 Å². The summed E-state index contributed by atoms with van der Waals surface area (Å²) >= 11 is 0. The average Bonchev–Trinajstić information content (AvgIpc) is 2.65. The Morgan fingerprint density at radius 3 is 1.72 bits per heavy atom. The van der Waals surface area contributed by atoms with Gasteiger partial charge in [0.15, 0.2) is 11.5 Å². The van der Waals surface area contributed by atoms with Gasteiger partial charge in [-0.2, -0.15) is 0 Å². The number of nitro groups is 2. The lowest BCUT2D eigenvalue weighted by molar-refractivity contribution is -0.528. The summed E-state index contributed by atoms with van der Waals surface area (Å²) in [7, 11) is 0. The van der Waals surface area contributed by atoms with Gasteiger partial charge in [0.2, 0.25) is 11.6 Å². The zero-order valence-electron chi connectivity index (χ0n) is 16.2. The van der Waals surface area contributed by atoms with E-state index in [1.54, 1.807) is 0 Å². The number of phenols is 2. The maximum Gasteiger partial charge on any atom is 0.310 e. The van der Waals surface area contributed by atoms with Gasteiger partial charge in [-0.1, -0.05) is 0 Å². The van der Waals surface area contributed by atoms with Gasteiger partial charge in [-0.25, -0.2) is 0 Å². The van der Waals surface area contributed by atoms with Crippen LogP contribution in [-0.2, 0) is 14.2 Å². The lowest BCUT2D eigenvalue weighted by Gasteiger charge is -2.58. The van der Waals surface area contributed by atoms with Gasteiger partial charge in [0.1, 0.15) is 11.5 Å². The molecule has 13 heteroatoms. The Bertz CT molecular complexity index is 1020. The fourth-order valence-corrected chi connectivity index (χ4v) is 4.26. The molecule has 4 aliphatic rings. The van der Waals surface area contributed by atoms with Crippen LogP contribution < -0.4 is 9.47 Å². The van der Waals surface area contributed by atoms with Crippen molar-refractivity contribution in [1.29, 1.82) is 0 Å². The molecule has 4 fully saturated rings. The molecule has 3 saturated heterocycles. The molecule has 3 aliphatic heterocycles. The van der Waals surface area contributed by atoms with E-state index >= 15 is 0 Å². The number of hydrogen-bond acceptors (Lipinski definition) is 11. The van der Waals surface area contributed by atoms with Gasteiger partial charge in [-0.15, -0.1) is 0 Å². The van der Waals surface area contributed by atoms with E-state index in [1.165, 1.54) is 12.1 Å². The molecule has 0 spiro atoms. The summed E-state index contributed by atoms with van der Waals surface area (Å²) in [6, 6.07) is 7.13. The Balaban J connectivity index is 1.41. The van der Waals surface area contributed by atoms with Crippen molar-refractivity contribution in [2.45, 2.75) is 43.4 Å². The van der Waals surface area contributed by atoms with Crippen molar-refractivity contribution < 1.29 is 43.7 Å². The summed E-state index contributed by atoms with van der Waals surface area (Å²) in [6.07, 6.45) is 0.309. The summed E-state index contributed by atoms with van der Waals surface area (Å²) in [6.45, 7) is -1.12. The predicted molar refractivity (Wildman–Crippen MR) is 101 cm³/mol. The van der Waals surface area contributed by atoms with Crippen LogP contribution >= 0.6 is 0 Å². The van der Waals surface area contributed by atoms with Gasteiger partial charge >= 0.3 is 11.4 Å². The molecule has 2 aromatic carbocycles. The van der Waals surface area contributed by atoms with E-state index in [0.29, 0.717) is 12.8 Å². The largest absolute Gasteiger partial charge is 0.502 e. The van der Waals surface area contributed by atoms with Gasteiger partial charge in [0.25, 0.3) is 6.48 Å². The molecule has 2 unspecified atom stereocenters. The molecule has 2 aromatic rings. The van der Waals surface area contributed by atoms with Crippen molar-refractivity contribution >= 4 is 11.4 Å². The fraction of sp³-hybridized carbons (Fsp3) is 0.368. The Morgan fingerprint density at radius 2 is 1.34 bits per heavy atom. The Hall–Kier alpha value is -3.68. The van der Waals surface area contributed by atoms with E-state index in [1.807, 2.05) is 0 Å². The maximum atomic E-state index is 10.9. The van der Waals surface area contributed by atoms with E-state index < -0.39 is 50.8 Å². The second-order valence-electron chi connectivity index (χ2n) is 7.71. The standard InChI is InChI=1S/C19H16N2O11/c22-15-5-10(1-3-13(15)20(24)25)29-18-7-12-8-19(9-18,32-17(28-12)31-18)30-11-2-4-14(21(26)27)16(23)6-11/h1-6,12,17,22-23H,7-9H2/t12?,17?,18-,19+. The van der Waals surface area contributed by atoms with Crippen LogP contribution in [0.3, 0.4) is 0 Å². The highest BCUT2D eigenvalue weighted by Gasteiger charge is 2.64. The molecule has 32 heavy (non-hydrogen) atoms. The number of hydrogen-bond donors (Lipinski definition) is 2. The van der Waals surface area contributed by atoms with Crippen molar-refractivity contribution in [1.82, 2.24) is 0 Å². The second kappa shape index (κ2) is 6.91. The van der Waals surface area contributed by atoms with E-state index in [4.69, 9.17) is 23.7 Å². The van der Waals surface area contributed by atoms with Crippen LogP contribution in [0.2, 0.25) is 0 Å². The number of rotatable bonds is 6. The number of nitrogens with zero attached hydrogens (tertiary/aromatic N) is 2. The average molecular weight is 448 g/mol. The molecule has 0 amide bonds. The highest BCUT2D eigenvalue weighted by molar-refractivity contribution is 5.50. The predicted octanol–water partition coefficient (Wildman–Crippen LogP) is 2.68. The van der Waals surface area contributed by atoms with Crippen molar-refractivity contribution in [3.8, 4) is 23.0 Å². The number of benzene rings is 2. The Kier molecular flexibility index (Phi) is 4.37. The first kappa shape index (κ1) is 20.2. The normalized spacial score (nSPS) is 30.1. The lowest BCUT2D eigenvalue weighted by Crippen LogP contribution is -2.70. The Labute approximate surface area is 178 Å². The van der Waals surface area contributed by atoms with E-state index in [0.717, 1.165) is 24.3 Å². The monoisotopic (exact) mass is 448 g/mol. The number of phenolic OH excluding ortho intramolecular Hbond substituents is 2. The summed E-state index contributed by atoms with van der Waals surface area (Å²) in [5.74, 6) is -3.38. The van der Waals surface area contributed by atoms with Crippen molar-refractivity contribution in [3.63, 3.8) is 0 Å². The zero-order valence-corrected chi connectivity index (χ0v) is 16.2. The SMILES string of the molecule is O=[N+]([O-])c1ccc(O[C@]23CC4C[C@](Oc5ccc([N+](=O)[O-])c(O)c5)(C2)OC(O4)O3)cc1O. The van der Waals surface area contributed by atoms with E-state index in [-0.39, 0.29) is 24.0 Å². The van der Waals surface area contributed by atoms with Crippen molar-refractivity contribution in [2.75, 3.05) is 0 Å². The minimum Gasteiger partial charge on any atom is -0.502 e. The smallest absolute Gasteiger partial charge is 0.310 e. The first-order valence-electron chi connectivity index (χ1n) is 9.50. The van der Waals surface area contributed by atoms with Gasteiger partial charge in [0.05, 0.1) is 22.4 Å². The van der Waals surface area contributed by atoms with Gasteiger partial charge in [0, 0.05) is 37.1 Å². The van der Waals surface area contributed by atoms with E-state index in [2.05, 4.69) is 0 Å². The minimum atomic E-state index is -1.27. The molecule has 6 rings (SSSR count). The van der Waals surface area contributed by atoms with Crippen LogP contribution in [0.15, 0.2) is 36.4 Å². The summed E-state index contributed by atoms with van der Waals surface area (Å²) in [5.41, 5.74) is -0.929. The third-order valence-corrected chi connectivity index (χ3v) is 5.44. The molecule has 0 radical (unpaired) electrons. The molecule has 2 N–H and O–H groups in total. The first-order chi connectivity index (χ1) is 15.2. The van der Waals surface area contributed by atoms with Crippen LogP contribution in [0.25, 0.3) is 0 Å². The molecule has 1 aliphatic carbocycles. The molecule has 1 saturated carbocycles. The highest BCUT2D eigenvalue weighted by Crippen LogP contribution is 2.53. The molecule has 168 valence electrons. The minimum absolute atomic E-state index is 0.0614. The van der Waals surface area contributed by atoms with Gasteiger partial charge < -0.3 is 24.4 Å². The van der Waals surface area contributed by atoms with Crippen LogP contribution in [0.5, 0.6) is 23.0 Å².